The van der Waals surface area contributed by atoms with Gasteiger partial charge < -0.3 is 10.6 Å². The van der Waals surface area contributed by atoms with Gasteiger partial charge in [0, 0.05) is 13.1 Å². The maximum absolute atomic E-state index is 8.73. The minimum absolute atomic E-state index is 0. The van der Waals surface area contributed by atoms with E-state index < -0.39 is 0 Å². The zero-order valence-corrected chi connectivity index (χ0v) is 13.5. The first-order valence-corrected chi connectivity index (χ1v) is 6.73. The second-order valence-electron chi connectivity index (χ2n) is 5.15. The van der Waals surface area contributed by atoms with E-state index in [0.717, 1.165) is 24.6 Å². The smallest absolute Gasteiger partial charge is 0.191 e. The Balaban J connectivity index is 0.00000200. The molecule has 1 aliphatic rings. The molecule has 1 fully saturated rings. The molecule has 2 rings (SSSR count). The van der Waals surface area contributed by atoms with Crippen LogP contribution < -0.4 is 5.73 Å². The molecule has 1 saturated heterocycles. The van der Waals surface area contributed by atoms with Gasteiger partial charge in [0.05, 0.1) is 18.2 Å². The maximum Gasteiger partial charge on any atom is 0.191 e. The second kappa shape index (κ2) is 7.91. The van der Waals surface area contributed by atoms with Crippen molar-refractivity contribution in [3.8, 4) is 6.07 Å². The fourth-order valence-electron chi connectivity index (χ4n) is 2.19. The standard InChI is InChI=1S/C15H20N4.BrH/c1-12-6-8-19(9-7-12)15(17)18-11-14-4-2-13(10-16)3-5-14;/h2-5,12H,6-9,11H2,1H3,(H2,17,18);1H. The summed E-state index contributed by atoms with van der Waals surface area (Å²) in [6.07, 6.45) is 2.38. The Labute approximate surface area is 131 Å². The normalized spacial score (nSPS) is 16.4. The van der Waals surface area contributed by atoms with Gasteiger partial charge in [0.2, 0.25) is 0 Å². The molecular weight excluding hydrogens is 316 g/mol. The molecule has 2 N–H and O–H groups in total. The molecule has 20 heavy (non-hydrogen) atoms. The van der Waals surface area contributed by atoms with Crippen LogP contribution in [0.4, 0.5) is 0 Å². The Hall–Kier alpha value is -1.54. The summed E-state index contributed by atoms with van der Waals surface area (Å²) < 4.78 is 0. The van der Waals surface area contributed by atoms with Gasteiger partial charge in [0.25, 0.3) is 0 Å². The van der Waals surface area contributed by atoms with E-state index in [0.29, 0.717) is 18.1 Å². The lowest BCUT2D eigenvalue weighted by molar-refractivity contribution is 0.277. The predicted molar refractivity (Wildman–Crippen MR) is 86.8 cm³/mol. The number of benzene rings is 1. The highest BCUT2D eigenvalue weighted by molar-refractivity contribution is 8.93. The molecule has 5 heteroatoms. The fourth-order valence-corrected chi connectivity index (χ4v) is 2.19. The predicted octanol–water partition coefficient (Wildman–Crippen LogP) is 2.68. The fraction of sp³-hybridized carbons (Fsp3) is 0.467. The molecule has 0 radical (unpaired) electrons. The van der Waals surface area contributed by atoms with E-state index in [1.165, 1.54) is 12.8 Å². The summed E-state index contributed by atoms with van der Waals surface area (Å²) >= 11 is 0. The van der Waals surface area contributed by atoms with E-state index in [2.05, 4.69) is 22.9 Å². The number of nitrogens with two attached hydrogens (primary N) is 1. The molecule has 0 amide bonds. The van der Waals surface area contributed by atoms with E-state index in [9.17, 15) is 0 Å². The van der Waals surface area contributed by atoms with Crippen LogP contribution in [-0.2, 0) is 6.54 Å². The summed E-state index contributed by atoms with van der Waals surface area (Å²) in [5.74, 6) is 1.43. The van der Waals surface area contributed by atoms with Gasteiger partial charge in [-0.1, -0.05) is 19.1 Å². The molecule has 0 unspecified atom stereocenters. The number of rotatable bonds is 2. The molecule has 0 atom stereocenters. The Bertz CT molecular complexity index is 482. The molecule has 0 spiro atoms. The van der Waals surface area contributed by atoms with Crippen molar-refractivity contribution in [3.63, 3.8) is 0 Å². The first-order valence-electron chi connectivity index (χ1n) is 6.73. The van der Waals surface area contributed by atoms with Gasteiger partial charge in [-0.25, -0.2) is 4.99 Å². The molecule has 1 aromatic carbocycles. The number of nitrogens with zero attached hydrogens (tertiary/aromatic N) is 3. The Morgan fingerprint density at radius 1 is 1.35 bits per heavy atom. The molecule has 0 aromatic heterocycles. The van der Waals surface area contributed by atoms with E-state index in [1.807, 2.05) is 24.3 Å². The highest BCUT2D eigenvalue weighted by Crippen LogP contribution is 2.15. The minimum atomic E-state index is 0. The van der Waals surface area contributed by atoms with E-state index in [4.69, 9.17) is 11.0 Å². The van der Waals surface area contributed by atoms with Crippen LogP contribution in [0, 0.1) is 17.2 Å². The van der Waals surface area contributed by atoms with Crippen LogP contribution in [0.5, 0.6) is 0 Å². The van der Waals surface area contributed by atoms with E-state index in [-0.39, 0.29) is 17.0 Å². The first kappa shape index (κ1) is 16.5. The number of halogens is 1. The van der Waals surface area contributed by atoms with Gasteiger partial charge in [0.15, 0.2) is 5.96 Å². The van der Waals surface area contributed by atoms with Crippen molar-refractivity contribution in [1.29, 1.82) is 5.26 Å². The molecule has 1 aliphatic heterocycles. The third kappa shape index (κ3) is 4.53. The van der Waals surface area contributed by atoms with Crippen LogP contribution in [0.1, 0.15) is 30.9 Å². The number of hydrogen-bond acceptors (Lipinski definition) is 2. The summed E-state index contributed by atoms with van der Waals surface area (Å²) in [7, 11) is 0. The molecule has 108 valence electrons. The van der Waals surface area contributed by atoms with Crippen molar-refractivity contribution >= 4 is 22.9 Å². The monoisotopic (exact) mass is 336 g/mol. The summed E-state index contributed by atoms with van der Waals surface area (Å²) in [5.41, 5.74) is 7.77. The molecule has 0 bridgehead atoms. The summed E-state index contributed by atoms with van der Waals surface area (Å²) in [5, 5.41) is 8.73. The zero-order valence-electron chi connectivity index (χ0n) is 11.7. The Kier molecular flexibility index (Phi) is 6.53. The van der Waals surface area contributed by atoms with Crippen molar-refractivity contribution < 1.29 is 0 Å². The van der Waals surface area contributed by atoms with Gasteiger partial charge in [-0.3, -0.25) is 0 Å². The third-order valence-electron chi connectivity index (χ3n) is 3.61. The Morgan fingerprint density at radius 2 is 1.95 bits per heavy atom. The van der Waals surface area contributed by atoms with E-state index >= 15 is 0 Å². The first-order chi connectivity index (χ1) is 9.19. The van der Waals surface area contributed by atoms with Crippen molar-refractivity contribution in [3.05, 3.63) is 35.4 Å². The van der Waals surface area contributed by atoms with Crippen LogP contribution in [-0.4, -0.2) is 23.9 Å². The van der Waals surface area contributed by atoms with Crippen LogP contribution in [0.2, 0.25) is 0 Å². The lowest BCUT2D eigenvalue weighted by Crippen LogP contribution is -2.42. The lowest BCUT2D eigenvalue weighted by atomic mass is 10.00. The maximum atomic E-state index is 8.73. The topological polar surface area (TPSA) is 65.4 Å². The van der Waals surface area contributed by atoms with Gasteiger partial charge in [-0.05, 0) is 36.5 Å². The number of aliphatic imine (C=N–C) groups is 1. The molecule has 0 saturated carbocycles. The second-order valence-corrected chi connectivity index (χ2v) is 5.15. The largest absolute Gasteiger partial charge is 0.370 e. The number of nitriles is 1. The third-order valence-corrected chi connectivity index (χ3v) is 3.61. The van der Waals surface area contributed by atoms with Gasteiger partial charge in [0.1, 0.15) is 0 Å². The number of likely N-dealkylation sites (tertiary alicyclic amines) is 1. The molecule has 0 aliphatic carbocycles. The van der Waals surface area contributed by atoms with Crippen molar-refractivity contribution in [2.75, 3.05) is 13.1 Å². The van der Waals surface area contributed by atoms with E-state index in [1.54, 1.807) is 0 Å². The SMILES string of the molecule is Br.CC1CCN(C(N)=NCc2ccc(C#N)cc2)CC1. The number of piperidine rings is 1. The summed E-state index contributed by atoms with van der Waals surface area (Å²) in [6.45, 7) is 4.86. The van der Waals surface area contributed by atoms with Gasteiger partial charge >= 0.3 is 0 Å². The highest BCUT2D eigenvalue weighted by atomic mass is 79.9. The van der Waals surface area contributed by atoms with Crippen LogP contribution in [0.25, 0.3) is 0 Å². The molecule has 1 aromatic rings. The van der Waals surface area contributed by atoms with Gasteiger partial charge in [-0.2, -0.15) is 5.26 Å². The molecule has 4 nitrogen and oxygen atoms in total. The zero-order chi connectivity index (χ0) is 13.7. The average molecular weight is 337 g/mol. The quantitative estimate of drug-likeness (QED) is 0.667. The summed E-state index contributed by atoms with van der Waals surface area (Å²) in [4.78, 5) is 6.59. The number of hydrogen-bond donors (Lipinski definition) is 1. The van der Waals surface area contributed by atoms with Crippen LogP contribution >= 0.6 is 17.0 Å². The number of guanidine groups is 1. The van der Waals surface area contributed by atoms with Crippen molar-refractivity contribution in [2.24, 2.45) is 16.6 Å². The van der Waals surface area contributed by atoms with Crippen molar-refractivity contribution in [2.45, 2.75) is 26.3 Å². The Morgan fingerprint density at radius 3 is 2.50 bits per heavy atom. The van der Waals surface area contributed by atoms with Gasteiger partial charge in [-0.15, -0.1) is 17.0 Å². The van der Waals surface area contributed by atoms with Crippen LogP contribution in [0.3, 0.4) is 0 Å². The van der Waals surface area contributed by atoms with Crippen molar-refractivity contribution in [1.82, 2.24) is 4.90 Å². The van der Waals surface area contributed by atoms with Crippen LogP contribution in [0.15, 0.2) is 29.3 Å². The average Bonchev–Trinajstić information content (AvgIpc) is 2.46. The highest BCUT2D eigenvalue weighted by Gasteiger charge is 2.16. The lowest BCUT2D eigenvalue weighted by Gasteiger charge is -2.31. The minimum Gasteiger partial charge on any atom is -0.370 e. The molecular formula is C15H21BrN4. The molecule has 1 heterocycles. The summed E-state index contributed by atoms with van der Waals surface area (Å²) in [6, 6.07) is 9.57.